The van der Waals surface area contributed by atoms with Gasteiger partial charge >= 0.3 is 5.97 Å². The number of rotatable bonds is 7. The average molecular weight is 368 g/mol. The van der Waals surface area contributed by atoms with Crippen LogP contribution < -0.4 is 10.1 Å². The van der Waals surface area contributed by atoms with E-state index in [0.717, 1.165) is 38.3 Å². The van der Waals surface area contributed by atoms with Gasteiger partial charge in [0.25, 0.3) is 0 Å². The number of methoxy groups -OCH3 is 1. The summed E-state index contributed by atoms with van der Waals surface area (Å²) in [4.78, 5) is 14.2. The van der Waals surface area contributed by atoms with Crippen molar-refractivity contribution in [1.82, 2.24) is 10.2 Å². The number of carbonyl (C=O) groups excluding carboxylic acids is 1. The van der Waals surface area contributed by atoms with Crippen molar-refractivity contribution in [2.45, 2.75) is 25.5 Å². The first-order valence-corrected chi connectivity index (χ1v) is 9.52. The Balaban J connectivity index is 1.75. The van der Waals surface area contributed by atoms with Gasteiger partial charge in [0.2, 0.25) is 0 Å². The van der Waals surface area contributed by atoms with Gasteiger partial charge in [-0.15, -0.1) is 0 Å². The van der Waals surface area contributed by atoms with Gasteiger partial charge in [-0.1, -0.05) is 30.3 Å². The molecule has 1 saturated heterocycles. The maximum atomic E-state index is 11.7. The van der Waals surface area contributed by atoms with Gasteiger partial charge in [0.1, 0.15) is 5.75 Å². The summed E-state index contributed by atoms with van der Waals surface area (Å²) in [5, 5.41) is 3.41. The van der Waals surface area contributed by atoms with Crippen LogP contribution in [0.1, 0.15) is 35.3 Å². The molecule has 0 spiro atoms. The lowest BCUT2D eigenvalue weighted by Crippen LogP contribution is -2.46. The number of nitrogens with zero attached hydrogens (tertiary/aromatic N) is 1. The predicted molar refractivity (Wildman–Crippen MR) is 106 cm³/mol. The van der Waals surface area contributed by atoms with Gasteiger partial charge in [0.15, 0.2) is 0 Å². The third-order valence-electron chi connectivity index (χ3n) is 4.94. The van der Waals surface area contributed by atoms with Crippen molar-refractivity contribution in [2.75, 3.05) is 33.3 Å². The smallest absolute Gasteiger partial charge is 0.337 e. The van der Waals surface area contributed by atoms with Crippen molar-refractivity contribution in [3.05, 3.63) is 65.7 Å². The summed E-state index contributed by atoms with van der Waals surface area (Å²) >= 11 is 0. The molecule has 0 aliphatic carbocycles. The average Bonchev–Trinajstić information content (AvgIpc) is 2.73. The van der Waals surface area contributed by atoms with Gasteiger partial charge in [-0.3, -0.25) is 4.90 Å². The van der Waals surface area contributed by atoms with Crippen molar-refractivity contribution in [3.8, 4) is 5.75 Å². The molecular formula is C22H28N2O3. The van der Waals surface area contributed by atoms with E-state index in [4.69, 9.17) is 9.47 Å². The third-order valence-corrected chi connectivity index (χ3v) is 4.94. The van der Waals surface area contributed by atoms with E-state index in [-0.39, 0.29) is 18.1 Å². The van der Waals surface area contributed by atoms with E-state index in [0.29, 0.717) is 5.56 Å². The topological polar surface area (TPSA) is 50.8 Å². The Kier molecular flexibility index (Phi) is 6.85. The first-order valence-electron chi connectivity index (χ1n) is 9.52. The molecule has 0 saturated carbocycles. The fourth-order valence-corrected chi connectivity index (χ4v) is 3.54. The van der Waals surface area contributed by atoms with Crippen LogP contribution in [-0.2, 0) is 4.74 Å². The minimum Gasteiger partial charge on any atom is -0.491 e. The summed E-state index contributed by atoms with van der Waals surface area (Å²) in [6.07, 6.45) is 0.958. The van der Waals surface area contributed by atoms with Gasteiger partial charge in [0.05, 0.1) is 18.8 Å². The molecule has 2 unspecified atom stereocenters. The number of piperazine rings is 1. The maximum absolute atomic E-state index is 11.7. The van der Waals surface area contributed by atoms with Crippen LogP contribution in [0.15, 0.2) is 54.6 Å². The number of hydrogen-bond donors (Lipinski definition) is 1. The fraction of sp³-hybridized carbons (Fsp3) is 0.409. The predicted octanol–water partition coefficient (Wildman–Crippen LogP) is 3.28. The number of para-hydroxylation sites is 1. The summed E-state index contributed by atoms with van der Waals surface area (Å²) in [5.74, 6) is 0.589. The van der Waals surface area contributed by atoms with E-state index in [1.165, 1.54) is 12.7 Å². The lowest BCUT2D eigenvalue weighted by Gasteiger charge is -2.36. The van der Waals surface area contributed by atoms with Crippen molar-refractivity contribution >= 4 is 5.97 Å². The summed E-state index contributed by atoms with van der Waals surface area (Å²) in [6.45, 7) is 6.10. The molecule has 1 aliphatic heterocycles. The van der Waals surface area contributed by atoms with Crippen LogP contribution >= 0.6 is 0 Å². The molecule has 2 aromatic rings. The van der Waals surface area contributed by atoms with Crippen molar-refractivity contribution in [3.63, 3.8) is 0 Å². The van der Waals surface area contributed by atoms with Gasteiger partial charge < -0.3 is 14.8 Å². The zero-order valence-electron chi connectivity index (χ0n) is 16.1. The summed E-state index contributed by atoms with van der Waals surface area (Å²) in [7, 11) is 1.41. The molecule has 5 heteroatoms. The second kappa shape index (κ2) is 9.53. The van der Waals surface area contributed by atoms with E-state index < -0.39 is 0 Å². The lowest BCUT2D eigenvalue weighted by molar-refractivity contribution is 0.0600. The Bertz CT molecular complexity index is 712. The molecule has 2 atom stereocenters. The molecule has 0 aromatic heterocycles. The molecular weight excluding hydrogens is 340 g/mol. The van der Waals surface area contributed by atoms with E-state index >= 15 is 0 Å². The highest BCUT2D eigenvalue weighted by atomic mass is 16.5. The Morgan fingerprint density at radius 2 is 1.74 bits per heavy atom. The highest BCUT2D eigenvalue weighted by Gasteiger charge is 2.25. The fourth-order valence-electron chi connectivity index (χ4n) is 3.54. The van der Waals surface area contributed by atoms with E-state index in [2.05, 4.69) is 17.1 Å². The van der Waals surface area contributed by atoms with E-state index in [1.807, 2.05) is 54.6 Å². The molecule has 2 aromatic carbocycles. The SMILES string of the molecule is COC(=O)c1ccc(C(CC(C)Oc2ccccc2)N2CCNCC2)cc1. The Morgan fingerprint density at radius 3 is 2.37 bits per heavy atom. The molecule has 0 bridgehead atoms. The molecule has 1 heterocycles. The largest absolute Gasteiger partial charge is 0.491 e. The first-order chi connectivity index (χ1) is 13.2. The van der Waals surface area contributed by atoms with E-state index in [9.17, 15) is 4.79 Å². The molecule has 5 nitrogen and oxygen atoms in total. The molecule has 1 fully saturated rings. The molecule has 0 amide bonds. The Hall–Kier alpha value is -2.37. The number of hydrogen-bond acceptors (Lipinski definition) is 5. The zero-order chi connectivity index (χ0) is 19.1. The lowest BCUT2D eigenvalue weighted by atomic mass is 9.97. The second-order valence-corrected chi connectivity index (χ2v) is 6.89. The summed E-state index contributed by atoms with van der Waals surface area (Å²) in [5.41, 5.74) is 1.78. The molecule has 1 N–H and O–H groups in total. The number of esters is 1. The quantitative estimate of drug-likeness (QED) is 0.760. The second-order valence-electron chi connectivity index (χ2n) is 6.89. The molecule has 27 heavy (non-hydrogen) atoms. The van der Waals surface area contributed by atoms with Gasteiger partial charge in [-0.25, -0.2) is 4.79 Å². The van der Waals surface area contributed by atoms with Crippen LogP contribution in [0, 0.1) is 0 Å². The Morgan fingerprint density at radius 1 is 1.07 bits per heavy atom. The van der Waals surface area contributed by atoms with Crippen LogP contribution in [-0.4, -0.2) is 50.3 Å². The monoisotopic (exact) mass is 368 g/mol. The summed E-state index contributed by atoms with van der Waals surface area (Å²) < 4.78 is 10.9. The highest BCUT2D eigenvalue weighted by molar-refractivity contribution is 5.89. The standard InChI is InChI=1S/C22H28N2O3/c1-17(27-20-6-4-3-5-7-20)16-21(24-14-12-23-13-15-24)18-8-10-19(11-9-18)22(25)26-2/h3-11,17,21,23H,12-16H2,1-2H3. The number of nitrogens with one attached hydrogen (secondary N) is 1. The van der Waals surface area contributed by atoms with Gasteiger partial charge in [-0.2, -0.15) is 0 Å². The number of benzene rings is 2. The molecule has 0 radical (unpaired) electrons. The van der Waals surface area contributed by atoms with Gasteiger partial charge in [-0.05, 0) is 36.8 Å². The van der Waals surface area contributed by atoms with Crippen molar-refractivity contribution in [2.24, 2.45) is 0 Å². The number of ether oxygens (including phenoxy) is 2. The van der Waals surface area contributed by atoms with E-state index in [1.54, 1.807) is 0 Å². The van der Waals surface area contributed by atoms with Crippen LogP contribution in [0.5, 0.6) is 5.75 Å². The maximum Gasteiger partial charge on any atom is 0.337 e. The minimum absolute atomic E-state index is 0.0765. The van der Waals surface area contributed by atoms with Gasteiger partial charge in [0, 0.05) is 38.6 Å². The van der Waals surface area contributed by atoms with Crippen molar-refractivity contribution in [1.29, 1.82) is 0 Å². The molecule has 144 valence electrons. The first kappa shape index (κ1) is 19.4. The normalized spacial score (nSPS) is 17.1. The van der Waals surface area contributed by atoms with Crippen LogP contribution in [0.4, 0.5) is 0 Å². The van der Waals surface area contributed by atoms with Crippen LogP contribution in [0.25, 0.3) is 0 Å². The highest BCUT2D eigenvalue weighted by Crippen LogP contribution is 2.28. The molecule has 3 rings (SSSR count). The Labute approximate surface area is 161 Å². The van der Waals surface area contributed by atoms with Crippen LogP contribution in [0.2, 0.25) is 0 Å². The minimum atomic E-state index is -0.305. The summed E-state index contributed by atoms with van der Waals surface area (Å²) in [6, 6.07) is 18.0. The third kappa shape index (κ3) is 5.31. The zero-order valence-corrected chi connectivity index (χ0v) is 16.1. The van der Waals surface area contributed by atoms with Crippen molar-refractivity contribution < 1.29 is 14.3 Å². The van der Waals surface area contributed by atoms with Crippen LogP contribution in [0.3, 0.4) is 0 Å². The number of carbonyl (C=O) groups is 1. The molecule has 1 aliphatic rings.